The van der Waals surface area contributed by atoms with Crippen LogP contribution in [0.3, 0.4) is 0 Å². The quantitative estimate of drug-likeness (QED) is 0.904. The molecule has 2 N–H and O–H groups in total. The number of carbonyl (C=O) groups excluding carboxylic acids is 1. The molecule has 0 aliphatic rings. The van der Waals surface area contributed by atoms with E-state index in [0.717, 1.165) is 0 Å². The van der Waals surface area contributed by atoms with Crippen molar-refractivity contribution in [3.8, 4) is 0 Å². The summed E-state index contributed by atoms with van der Waals surface area (Å²) in [5.74, 6) is -0.305. The maximum absolute atomic E-state index is 11.8. The number of hydrogen-bond acceptors (Lipinski definition) is 3. The Morgan fingerprint density at radius 3 is 2.79 bits per heavy atom. The van der Waals surface area contributed by atoms with Gasteiger partial charge in [0.05, 0.1) is 18.4 Å². The molecule has 100 valence electrons. The van der Waals surface area contributed by atoms with Crippen LogP contribution in [0.5, 0.6) is 0 Å². The maximum atomic E-state index is 11.8. The third-order valence-corrected chi connectivity index (χ3v) is 3.16. The first-order chi connectivity index (χ1) is 9.00. The lowest BCUT2D eigenvalue weighted by Crippen LogP contribution is -2.38. The Bertz CT molecular complexity index is 564. The van der Waals surface area contributed by atoms with Gasteiger partial charge < -0.3 is 14.8 Å². The minimum atomic E-state index is -1.24. The molecule has 2 rings (SSSR count). The van der Waals surface area contributed by atoms with Crippen molar-refractivity contribution in [2.45, 2.75) is 12.5 Å². The predicted molar refractivity (Wildman–Crippen MR) is 72.1 cm³/mol. The topological polar surface area (TPSA) is 62.5 Å². The molecule has 1 atom stereocenters. The summed E-state index contributed by atoms with van der Waals surface area (Å²) in [7, 11) is 0. The molecule has 1 heterocycles. The van der Waals surface area contributed by atoms with Crippen molar-refractivity contribution in [1.82, 2.24) is 5.32 Å². The van der Waals surface area contributed by atoms with Crippen LogP contribution in [0.15, 0.2) is 47.3 Å². The van der Waals surface area contributed by atoms with Crippen LogP contribution in [0.25, 0.3) is 0 Å². The molecular formula is C14H14ClNO3. The molecule has 0 saturated heterocycles. The first kappa shape index (κ1) is 13.6. The van der Waals surface area contributed by atoms with E-state index in [2.05, 4.69) is 5.32 Å². The van der Waals surface area contributed by atoms with Crippen LogP contribution in [-0.2, 0) is 5.60 Å². The molecule has 1 aromatic carbocycles. The van der Waals surface area contributed by atoms with Gasteiger partial charge in [-0.25, -0.2) is 0 Å². The number of hydrogen-bond donors (Lipinski definition) is 2. The molecule has 0 spiro atoms. The van der Waals surface area contributed by atoms with Gasteiger partial charge in [0.15, 0.2) is 0 Å². The Balaban J connectivity index is 2.06. The summed E-state index contributed by atoms with van der Waals surface area (Å²) < 4.78 is 4.83. The minimum Gasteiger partial charge on any atom is -0.472 e. The average molecular weight is 280 g/mol. The molecule has 0 saturated carbocycles. The molecule has 0 aliphatic heterocycles. The molecule has 1 amide bonds. The third kappa shape index (κ3) is 3.16. The summed E-state index contributed by atoms with van der Waals surface area (Å²) in [6.07, 6.45) is 2.76. The Hall–Kier alpha value is -1.78. The second-order valence-corrected chi connectivity index (χ2v) is 4.86. The molecule has 0 fully saturated rings. The second kappa shape index (κ2) is 5.47. The van der Waals surface area contributed by atoms with Gasteiger partial charge in [-0.15, -0.1) is 0 Å². The zero-order valence-electron chi connectivity index (χ0n) is 10.4. The molecule has 1 unspecified atom stereocenters. The van der Waals surface area contributed by atoms with Gasteiger partial charge in [-0.1, -0.05) is 29.8 Å². The Labute approximate surface area is 116 Å². The van der Waals surface area contributed by atoms with Crippen molar-refractivity contribution in [2.24, 2.45) is 0 Å². The number of nitrogens with one attached hydrogen (secondary N) is 1. The lowest BCUT2D eigenvalue weighted by molar-refractivity contribution is 0.0527. The number of halogens is 1. The molecular weight excluding hydrogens is 266 g/mol. The van der Waals surface area contributed by atoms with E-state index in [1.54, 1.807) is 37.3 Å². The SMILES string of the molecule is CC(O)(CNC(=O)c1ccoc1)c1ccccc1Cl. The highest BCUT2D eigenvalue weighted by Crippen LogP contribution is 2.27. The van der Waals surface area contributed by atoms with Crippen molar-refractivity contribution in [3.63, 3.8) is 0 Å². The number of rotatable bonds is 4. The van der Waals surface area contributed by atoms with Crippen LogP contribution in [0.1, 0.15) is 22.8 Å². The maximum Gasteiger partial charge on any atom is 0.254 e. The number of furan rings is 1. The van der Waals surface area contributed by atoms with Gasteiger partial charge in [0.1, 0.15) is 11.9 Å². The third-order valence-electron chi connectivity index (χ3n) is 2.83. The highest BCUT2D eigenvalue weighted by molar-refractivity contribution is 6.31. The number of amides is 1. The zero-order chi connectivity index (χ0) is 13.9. The summed E-state index contributed by atoms with van der Waals surface area (Å²) in [6.45, 7) is 1.66. The lowest BCUT2D eigenvalue weighted by atomic mass is 9.96. The molecule has 19 heavy (non-hydrogen) atoms. The Kier molecular flexibility index (Phi) is 3.93. The minimum absolute atomic E-state index is 0.0563. The Morgan fingerprint density at radius 1 is 1.42 bits per heavy atom. The van der Waals surface area contributed by atoms with Gasteiger partial charge in [-0.3, -0.25) is 4.79 Å². The average Bonchev–Trinajstić information content (AvgIpc) is 2.90. The smallest absolute Gasteiger partial charge is 0.254 e. The van der Waals surface area contributed by atoms with Gasteiger partial charge >= 0.3 is 0 Å². The van der Waals surface area contributed by atoms with Crippen molar-refractivity contribution in [2.75, 3.05) is 6.54 Å². The van der Waals surface area contributed by atoms with Crippen LogP contribution >= 0.6 is 11.6 Å². The van der Waals surface area contributed by atoms with E-state index < -0.39 is 5.60 Å². The Morgan fingerprint density at radius 2 is 2.16 bits per heavy atom. The molecule has 2 aromatic rings. The summed E-state index contributed by atoms with van der Waals surface area (Å²) in [4.78, 5) is 11.8. The van der Waals surface area contributed by atoms with Gasteiger partial charge in [-0.05, 0) is 19.1 Å². The van der Waals surface area contributed by atoms with Gasteiger partial charge in [-0.2, -0.15) is 0 Å². The number of carbonyl (C=O) groups is 1. The van der Waals surface area contributed by atoms with Crippen LogP contribution in [0.2, 0.25) is 5.02 Å². The van der Waals surface area contributed by atoms with Gasteiger partial charge in [0.25, 0.3) is 5.91 Å². The van der Waals surface area contributed by atoms with E-state index in [1.807, 2.05) is 0 Å². The summed E-state index contributed by atoms with van der Waals surface area (Å²) in [6, 6.07) is 8.55. The van der Waals surface area contributed by atoms with E-state index in [4.69, 9.17) is 16.0 Å². The normalized spacial score (nSPS) is 13.8. The monoisotopic (exact) mass is 279 g/mol. The number of benzene rings is 1. The van der Waals surface area contributed by atoms with Gasteiger partial charge in [0.2, 0.25) is 0 Å². The first-order valence-corrected chi connectivity index (χ1v) is 6.16. The first-order valence-electron chi connectivity index (χ1n) is 5.78. The van der Waals surface area contributed by atoms with Crippen molar-refractivity contribution >= 4 is 17.5 Å². The second-order valence-electron chi connectivity index (χ2n) is 4.45. The van der Waals surface area contributed by atoms with E-state index >= 15 is 0 Å². The van der Waals surface area contributed by atoms with Crippen LogP contribution in [0.4, 0.5) is 0 Å². The number of aliphatic hydroxyl groups is 1. The van der Waals surface area contributed by atoms with E-state index in [1.165, 1.54) is 12.5 Å². The summed E-state index contributed by atoms with van der Waals surface area (Å²) in [5.41, 5.74) is -0.253. The fourth-order valence-corrected chi connectivity index (χ4v) is 2.08. The molecule has 0 bridgehead atoms. The zero-order valence-corrected chi connectivity index (χ0v) is 11.1. The molecule has 1 aromatic heterocycles. The van der Waals surface area contributed by atoms with Crippen LogP contribution in [-0.4, -0.2) is 17.6 Å². The summed E-state index contributed by atoms with van der Waals surface area (Å²) >= 11 is 6.04. The molecule has 5 heteroatoms. The van der Waals surface area contributed by atoms with Crippen molar-refractivity contribution in [3.05, 3.63) is 59.0 Å². The van der Waals surface area contributed by atoms with E-state index in [0.29, 0.717) is 16.1 Å². The largest absolute Gasteiger partial charge is 0.472 e. The lowest BCUT2D eigenvalue weighted by Gasteiger charge is -2.25. The van der Waals surface area contributed by atoms with Crippen LogP contribution in [0, 0.1) is 0 Å². The van der Waals surface area contributed by atoms with Crippen molar-refractivity contribution < 1.29 is 14.3 Å². The summed E-state index contributed by atoms with van der Waals surface area (Å²) in [5, 5.41) is 13.5. The molecule has 0 radical (unpaired) electrons. The highest BCUT2D eigenvalue weighted by atomic mass is 35.5. The van der Waals surface area contributed by atoms with Gasteiger partial charge in [0, 0.05) is 10.6 Å². The fourth-order valence-electron chi connectivity index (χ4n) is 1.74. The molecule has 0 aliphatic carbocycles. The molecule has 4 nitrogen and oxygen atoms in total. The van der Waals surface area contributed by atoms with Crippen LogP contribution < -0.4 is 5.32 Å². The van der Waals surface area contributed by atoms with E-state index in [-0.39, 0.29) is 12.5 Å². The predicted octanol–water partition coefficient (Wildman–Crippen LogP) is 2.57. The highest BCUT2D eigenvalue weighted by Gasteiger charge is 2.26. The standard InChI is InChI=1S/C14H14ClNO3/c1-14(18,11-4-2-3-5-12(11)15)9-16-13(17)10-6-7-19-8-10/h2-8,18H,9H2,1H3,(H,16,17). The van der Waals surface area contributed by atoms with Crippen molar-refractivity contribution in [1.29, 1.82) is 0 Å². The fraction of sp³-hybridized carbons (Fsp3) is 0.214. The van der Waals surface area contributed by atoms with E-state index in [9.17, 15) is 9.90 Å².